The van der Waals surface area contributed by atoms with E-state index in [4.69, 9.17) is 9.47 Å². The van der Waals surface area contributed by atoms with E-state index < -0.39 is 0 Å². The molecular formula is C41H77N3O4. The van der Waals surface area contributed by atoms with Crippen LogP contribution < -0.4 is 0 Å². The predicted molar refractivity (Wildman–Crippen MR) is 205 cm³/mol. The van der Waals surface area contributed by atoms with Gasteiger partial charge in [-0.3, -0.25) is 9.59 Å². The summed E-state index contributed by atoms with van der Waals surface area (Å²) in [6.07, 6.45) is 27.3. The zero-order chi connectivity index (χ0) is 36.3. The van der Waals surface area contributed by atoms with Gasteiger partial charge in [0, 0.05) is 31.8 Å². The summed E-state index contributed by atoms with van der Waals surface area (Å²) in [6.45, 7) is 24.3. The number of hydrogen-bond acceptors (Lipinski definition) is 6. The molecule has 1 rings (SSSR count). The highest BCUT2D eigenvalue weighted by atomic mass is 16.5. The van der Waals surface area contributed by atoms with E-state index in [-0.39, 0.29) is 11.9 Å². The summed E-state index contributed by atoms with van der Waals surface area (Å²) in [5.74, 6) is 0.257. The lowest BCUT2D eigenvalue weighted by molar-refractivity contribution is -0.145. The van der Waals surface area contributed by atoms with E-state index in [9.17, 15) is 9.59 Å². The number of nitrogens with zero attached hydrogens (tertiary/aromatic N) is 3. The minimum absolute atomic E-state index is 0.0512. The van der Waals surface area contributed by atoms with Crippen molar-refractivity contribution in [3.8, 4) is 0 Å². The smallest absolute Gasteiger partial charge is 0.306 e. The number of hydrogen-bond donors (Lipinski definition) is 0. The van der Waals surface area contributed by atoms with Gasteiger partial charge in [0.1, 0.15) is 0 Å². The first-order valence-corrected chi connectivity index (χ1v) is 19.3. The molecule has 1 aromatic heterocycles. The van der Waals surface area contributed by atoms with Crippen LogP contribution in [0.25, 0.3) is 0 Å². The second-order valence-corrected chi connectivity index (χ2v) is 13.5. The fraction of sp³-hybridized carbons (Fsp3) is 0.780. The van der Waals surface area contributed by atoms with Crippen LogP contribution in [0.4, 0.5) is 0 Å². The highest BCUT2D eigenvalue weighted by Crippen LogP contribution is 2.10. The molecule has 1 unspecified atom stereocenters. The summed E-state index contributed by atoms with van der Waals surface area (Å²) in [5, 5.41) is 0. The van der Waals surface area contributed by atoms with E-state index in [0.717, 1.165) is 64.7 Å². The van der Waals surface area contributed by atoms with Crippen LogP contribution in [0, 0.1) is 5.92 Å². The molecule has 0 radical (unpaired) electrons. The Bertz CT molecular complexity index is 903. The molecule has 0 spiro atoms. The van der Waals surface area contributed by atoms with E-state index in [1.54, 1.807) is 0 Å². The number of carbonyl (C=O) groups is 2. The van der Waals surface area contributed by atoms with Gasteiger partial charge in [-0.1, -0.05) is 95.9 Å². The number of imidazole rings is 1. The second-order valence-electron chi connectivity index (χ2n) is 13.5. The van der Waals surface area contributed by atoms with Crippen LogP contribution in [0.5, 0.6) is 0 Å². The molecule has 0 saturated carbocycles. The molecule has 0 aliphatic heterocycles. The van der Waals surface area contributed by atoms with Crippen molar-refractivity contribution in [3.05, 3.63) is 42.0 Å². The number of unbranched alkanes of at least 4 members (excludes halogenated alkanes) is 9. The van der Waals surface area contributed by atoms with Crippen LogP contribution in [-0.4, -0.2) is 59.2 Å². The fourth-order valence-corrected chi connectivity index (χ4v) is 4.52. The molecule has 0 N–H and O–H groups in total. The Kier molecular flexibility index (Phi) is 35.7. The monoisotopic (exact) mass is 676 g/mol. The Balaban J connectivity index is 0. The molecule has 0 aliphatic rings. The average Bonchev–Trinajstić information content (AvgIpc) is 3.59. The first kappa shape index (κ1) is 47.7. The number of esters is 2. The quantitative estimate of drug-likeness (QED) is 0.0553. The first-order valence-electron chi connectivity index (χ1n) is 19.3. The molecule has 48 heavy (non-hydrogen) atoms. The third-order valence-electron chi connectivity index (χ3n) is 8.15. The Morgan fingerprint density at radius 2 is 1.31 bits per heavy atom. The molecule has 1 aromatic rings. The van der Waals surface area contributed by atoms with Gasteiger partial charge in [-0.2, -0.15) is 0 Å². The zero-order valence-corrected chi connectivity index (χ0v) is 33.0. The molecule has 280 valence electrons. The summed E-state index contributed by atoms with van der Waals surface area (Å²) >= 11 is 0. The lowest BCUT2D eigenvalue weighted by Crippen LogP contribution is -2.27. The van der Waals surface area contributed by atoms with Gasteiger partial charge in [0.05, 0.1) is 19.5 Å². The molecule has 7 nitrogen and oxygen atoms in total. The number of allylic oxidation sites excluding steroid dienone is 4. The summed E-state index contributed by atoms with van der Waals surface area (Å²) in [5.41, 5.74) is 2.82. The molecule has 0 aliphatic carbocycles. The fourth-order valence-electron chi connectivity index (χ4n) is 4.52. The number of ether oxygens (including phenoxy) is 2. The van der Waals surface area contributed by atoms with E-state index in [1.165, 1.54) is 62.5 Å². The van der Waals surface area contributed by atoms with Gasteiger partial charge >= 0.3 is 11.9 Å². The number of carbonyl (C=O) groups excluding carboxylic acids is 2. The maximum absolute atomic E-state index is 11.8. The third-order valence-corrected chi connectivity index (χ3v) is 8.15. The van der Waals surface area contributed by atoms with Crippen LogP contribution in [0.1, 0.15) is 165 Å². The Morgan fingerprint density at radius 3 is 1.77 bits per heavy atom. The predicted octanol–water partition coefficient (Wildman–Crippen LogP) is 11.1. The van der Waals surface area contributed by atoms with Crippen molar-refractivity contribution in [1.82, 2.24) is 14.5 Å². The van der Waals surface area contributed by atoms with Crippen LogP contribution in [0.3, 0.4) is 0 Å². The lowest BCUT2D eigenvalue weighted by atomic mass is 10.1. The van der Waals surface area contributed by atoms with Crippen LogP contribution in [-0.2, 0) is 25.6 Å². The van der Waals surface area contributed by atoms with Gasteiger partial charge in [-0.25, -0.2) is 4.98 Å². The second kappa shape index (κ2) is 35.9. The van der Waals surface area contributed by atoms with Gasteiger partial charge in [0.15, 0.2) is 0 Å². The molecule has 0 aromatic carbocycles. The molecule has 0 amide bonds. The Labute approximate surface area is 297 Å². The molecule has 0 saturated heterocycles. The van der Waals surface area contributed by atoms with Gasteiger partial charge < -0.3 is 18.9 Å². The number of aryl methyl sites for hydroxylation is 1. The van der Waals surface area contributed by atoms with Crippen molar-refractivity contribution < 1.29 is 19.1 Å². The van der Waals surface area contributed by atoms with Crippen molar-refractivity contribution in [2.75, 3.05) is 32.8 Å². The van der Waals surface area contributed by atoms with Gasteiger partial charge in [0.25, 0.3) is 0 Å². The highest BCUT2D eigenvalue weighted by Gasteiger charge is 2.09. The maximum Gasteiger partial charge on any atom is 0.306 e. The van der Waals surface area contributed by atoms with E-state index in [2.05, 4.69) is 75.1 Å². The third kappa shape index (κ3) is 36.4. The molecule has 1 heterocycles. The van der Waals surface area contributed by atoms with Gasteiger partial charge in [-0.05, 0) is 105 Å². The summed E-state index contributed by atoms with van der Waals surface area (Å²) in [6, 6.07) is 0. The van der Waals surface area contributed by atoms with Crippen molar-refractivity contribution >= 4 is 11.9 Å². The molecule has 1 atom stereocenters. The highest BCUT2D eigenvalue weighted by molar-refractivity contribution is 5.69. The van der Waals surface area contributed by atoms with Crippen LogP contribution in [0.15, 0.2) is 42.0 Å². The van der Waals surface area contributed by atoms with Gasteiger partial charge in [0.2, 0.25) is 0 Å². The van der Waals surface area contributed by atoms with Crippen LogP contribution in [0.2, 0.25) is 0 Å². The van der Waals surface area contributed by atoms with E-state index in [1.807, 2.05) is 32.6 Å². The SMILES string of the molecule is CC=C(C)C.CCC(=O)OCCCCCCN(CCCCCCOC(=O)CC(C)CC)CCCCn1ccnc1.CCCCC=C(C)C. The van der Waals surface area contributed by atoms with Crippen LogP contribution >= 0.6 is 0 Å². The standard InChI is InChI=1S/C28H51N3O4.C8H16.C5H10/c1-4-26(3)24-28(33)35-23-15-9-7-11-18-30(19-12-13-20-31-21-16-29-25-31)17-10-6-8-14-22-34-27(32)5-2;1-4-5-6-7-8(2)3;1-4-5(2)3/h16,21,25-26H,4-15,17-20,22-24H2,1-3H3;7H,4-6H2,1-3H3;4H,1-3H3. The minimum atomic E-state index is -0.101. The first-order chi connectivity index (χ1) is 23.1. The van der Waals surface area contributed by atoms with Crippen molar-refractivity contribution in [2.45, 2.75) is 172 Å². The maximum atomic E-state index is 11.8. The van der Waals surface area contributed by atoms with Crippen molar-refractivity contribution in [1.29, 1.82) is 0 Å². The van der Waals surface area contributed by atoms with Crippen molar-refractivity contribution in [3.63, 3.8) is 0 Å². The largest absolute Gasteiger partial charge is 0.466 e. The summed E-state index contributed by atoms with van der Waals surface area (Å²) in [7, 11) is 0. The van der Waals surface area contributed by atoms with Crippen molar-refractivity contribution in [2.24, 2.45) is 5.92 Å². The Hall–Kier alpha value is -2.41. The lowest BCUT2D eigenvalue weighted by Gasteiger charge is -2.22. The summed E-state index contributed by atoms with van der Waals surface area (Å²) < 4.78 is 12.7. The summed E-state index contributed by atoms with van der Waals surface area (Å²) in [4.78, 5) is 29.7. The number of aromatic nitrogens is 2. The minimum Gasteiger partial charge on any atom is -0.466 e. The topological polar surface area (TPSA) is 73.7 Å². The molecule has 0 fully saturated rings. The average molecular weight is 676 g/mol. The van der Waals surface area contributed by atoms with Gasteiger partial charge in [-0.15, -0.1) is 0 Å². The molecule has 7 heteroatoms. The molecular weight excluding hydrogens is 598 g/mol. The van der Waals surface area contributed by atoms with E-state index >= 15 is 0 Å². The number of rotatable bonds is 26. The Morgan fingerprint density at radius 1 is 0.771 bits per heavy atom. The molecule has 0 bridgehead atoms. The van der Waals surface area contributed by atoms with E-state index in [0.29, 0.717) is 32.0 Å². The zero-order valence-electron chi connectivity index (χ0n) is 33.0. The normalized spacial score (nSPS) is 11.0.